The fourth-order valence-corrected chi connectivity index (χ4v) is 3.53. The molecule has 2 aromatic rings. The number of halogens is 1. The summed E-state index contributed by atoms with van der Waals surface area (Å²) >= 11 is 0. The van der Waals surface area contributed by atoms with Crippen molar-refractivity contribution >= 4 is 47.2 Å². The van der Waals surface area contributed by atoms with Crippen molar-refractivity contribution in [3.8, 4) is 0 Å². The number of aliphatic imine (C=N–C) groups is 1. The van der Waals surface area contributed by atoms with Gasteiger partial charge in [0.05, 0.1) is 6.54 Å². The maximum absolute atomic E-state index is 11.8. The van der Waals surface area contributed by atoms with Gasteiger partial charge in [-0.3, -0.25) is 4.79 Å². The zero-order chi connectivity index (χ0) is 22.2. The summed E-state index contributed by atoms with van der Waals surface area (Å²) in [5.41, 5.74) is 4.49. The standard InChI is InChI=1S/C25H35N5O.HI/c1-5-26-25(27-16-20-8-10-21(11-9-20)28-24(31)18(2)3)29-22-14-15-30(17-22)23-12-6-19(4)7-13-23;/h6-13,18,22H,5,14-17H2,1-4H3,(H,28,31)(H2,26,27,29);1H. The molecule has 1 aliphatic heterocycles. The van der Waals surface area contributed by atoms with Crippen molar-refractivity contribution in [3.63, 3.8) is 0 Å². The van der Waals surface area contributed by atoms with E-state index in [0.717, 1.165) is 43.3 Å². The summed E-state index contributed by atoms with van der Waals surface area (Å²) in [6.07, 6.45) is 1.09. The maximum Gasteiger partial charge on any atom is 0.226 e. The highest BCUT2D eigenvalue weighted by Crippen LogP contribution is 2.20. The molecule has 1 fully saturated rings. The van der Waals surface area contributed by atoms with Gasteiger partial charge in [-0.05, 0) is 50.1 Å². The minimum atomic E-state index is -0.0319. The van der Waals surface area contributed by atoms with Gasteiger partial charge in [0.2, 0.25) is 5.91 Å². The Morgan fingerprint density at radius 2 is 1.81 bits per heavy atom. The van der Waals surface area contributed by atoms with Gasteiger partial charge in [-0.1, -0.05) is 43.7 Å². The summed E-state index contributed by atoms with van der Waals surface area (Å²) in [7, 11) is 0. The number of anilines is 2. The molecule has 0 spiro atoms. The molecule has 1 unspecified atom stereocenters. The second-order valence-electron chi connectivity index (χ2n) is 8.45. The van der Waals surface area contributed by atoms with Crippen LogP contribution in [-0.4, -0.2) is 37.5 Å². The number of hydrogen-bond acceptors (Lipinski definition) is 3. The Balaban J connectivity index is 0.00000363. The summed E-state index contributed by atoms with van der Waals surface area (Å²) in [6.45, 7) is 11.4. The van der Waals surface area contributed by atoms with E-state index in [1.807, 2.05) is 38.1 Å². The summed E-state index contributed by atoms with van der Waals surface area (Å²) < 4.78 is 0. The molecule has 174 valence electrons. The third-order valence-electron chi connectivity index (χ3n) is 5.44. The molecule has 0 aliphatic carbocycles. The van der Waals surface area contributed by atoms with Crippen molar-refractivity contribution in [2.24, 2.45) is 10.9 Å². The Bertz CT molecular complexity index is 880. The normalized spacial score (nSPS) is 16.0. The molecule has 0 bridgehead atoms. The first-order chi connectivity index (χ1) is 14.9. The van der Waals surface area contributed by atoms with Crippen LogP contribution in [0.5, 0.6) is 0 Å². The lowest BCUT2D eigenvalue weighted by Crippen LogP contribution is -2.44. The monoisotopic (exact) mass is 549 g/mol. The van der Waals surface area contributed by atoms with Gasteiger partial charge in [0.15, 0.2) is 5.96 Å². The Morgan fingerprint density at radius 1 is 1.12 bits per heavy atom. The molecule has 2 aromatic carbocycles. The molecule has 0 saturated carbocycles. The summed E-state index contributed by atoms with van der Waals surface area (Å²) in [6, 6.07) is 17.0. The number of nitrogens with zero attached hydrogens (tertiary/aromatic N) is 2. The smallest absolute Gasteiger partial charge is 0.226 e. The summed E-state index contributed by atoms with van der Waals surface area (Å²) in [5.74, 6) is 0.839. The predicted molar refractivity (Wildman–Crippen MR) is 145 cm³/mol. The van der Waals surface area contributed by atoms with Crippen LogP contribution in [0.15, 0.2) is 53.5 Å². The van der Waals surface area contributed by atoms with E-state index < -0.39 is 0 Å². The number of amides is 1. The van der Waals surface area contributed by atoms with E-state index in [1.54, 1.807) is 0 Å². The molecule has 0 aromatic heterocycles. The lowest BCUT2D eigenvalue weighted by atomic mass is 10.1. The number of hydrogen-bond donors (Lipinski definition) is 3. The molecule has 1 heterocycles. The van der Waals surface area contributed by atoms with Gasteiger partial charge in [0.1, 0.15) is 0 Å². The van der Waals surface area contributed by atoms with Crippen LogP contribution in [-0.2, 0) is 11.3 Å². The lowest BCUT2D eigenvalue weighted by Gasteiger charge is -2.20. The molecule has 6 nitrogen and oxygen atoms in total. The predicted octanol–water partition coefficient (Wildman–Crippen LogP) is 4.54. The molecule has 3 rings (SSSR count). The maximum atomic E-state index is 11.8. The van der Waals surface area contributed by atoms with Gasteiger partial charge in [-0.15, -0.1) is 24.0 Å². The average Bonchev–Trinajstić information content (AvgIpc) is 3.22. The Hall–Kier alpha value is -2.29. The van der Waals surface area contributed by atoms with Crippen LogP contribution in [0.25, 0.3) is 0 Å². The van der Waals surface area contributed by atoms with E-state index >= 15 is 0 Å². The van der Waals surface area contributed by atoms with E-state index in [0.29, 0.717) is 12.6 Å². The molecule has 1 saturated heterocycles. The van der Waals surface area contributed by atoms with Crippen LogP contribution in [0.1, 0.15) is 38.3 Å². The number of nitrogens with one attached hydrogen (secondary N) is 3. The highest BCUT2D eigenvalue weighted by atomic mass is 127. The first-order valence-electron chi connectivity index (χ1n) is 11.2. The van der Waals surface area contributed by atoms with E-state index in [-0.39, 0.29) is 35.8 Å². The minimum absolute atomic E-state index is 0. The van der Waals surface area contributed by atoms with Crippen molar-refractivity contribution < 1.29 is 4.79 Å². The summed E-state index contributed by atoms with van der Waals surface area (Å²) in [5, 5.41) is 9.86. The molecule has 1 amide bonds. The largest absolute Gasteiger partial charge is 0.369 e. The fraction of sp³-hybridized carbons (Fsp3) is 0.440. The van der Waals surface area contributed by atoms with Crippen molar-refractivity contribution in [3.05, 3.63) is 59.7 Å². The molecule has 1 atom stereocenters. The highest BCUT2D eigenvalue weighted by molar-refractivity contribution is 14.0. The summed E-state index contributed by atoms with van der Waals surface area (Å²) in [4.78, 5) is 19.0. The molecule has 3 N–H and O–H groups in total. The van der Waals surface area contributed by atoms with Crippen LogP contribution in [0.4, 0.5) is 11.4 Å². The third kappa shape index (κ3) is 7.69. The first kappa shape index (κ1) is 26.0. The zero-order valence-corrected chi connectivity index (χ0v) is 21.9. The molecule has 7 heteroatoms. The lowest BCUT2D eigenvalue weighted by molar-refractivity contribution is -0.118. The van der Waals surface area contributed by atoms with Gasteiger partial charge < -0.3 is 20.9 Å². The number of benzene rings is 2. The van der Waals surface area contributed by atoms with Gasteiger partial charge in [-0.2, -0.15) is 0 Å². The quantitative estimate of drug-likeness (QED) is 0.270. The molecule has 0 radical (unpaired) electrons. The van der Waals surface area contributed by atoms with Crippen LogP contribution in [0.2, 0.25) is 0 Å². The molecule has 1 aliphatic rings. The minimum Gasteiger partial charge on any atom is -0.369 e. The van der Waals surface area contributed by atoms with Crippen LogP contribution >= 0.6 is 24.0 Å². The van der Waals surface area contributed by atoms with E-state index in [1.165, 1.54) is 11.3 Å². The van der Waals surface area contributed by atoms with Crippen molar-refractivity contribution in [1.82, 2.24) is 10.6 Å². The van der Waals surface area contributed by atoms with Crippen molar-refractivity contribution in [2.45, 2.75) is 46.7 Å². The number of aryl methyl sites for hydroxylation is 1. The third-order valence-corrected chi connectivity index (χ3v) is 5.44. The topological polar surface area (TPSA) is 68.8 Å². The van der Waals surface area contributed by atoms with Gasteiger partial charge in [0.25, 0.3) is 0 Å². The zero-order valence-electron chi connectivity index (χ0n) is 19.5. The van der Waals surface area contributed by atoms with Crippen molar-refractivity contribution in [1.29, 1.82) is 0 Å². The van der Waals surface area contributed by atoms with E-state index in [4.69, 9.17) is 4.99 Å². The van der Waals surface area contributed by atoms with Crippen LogP contribution in [0.3, 0.4) is 0 Å². The first-order valence-corrected chi connectivity index (χ1v) is 11.2. The molecular weight excluding hydrogens is 513 g/mol. The molecular formula is C25H36IN5O. The van der Waals surface area contributed by atoms with Gasteiger partial charge >= 0.3 is 0 Å². The number of carbonyl (C=O) groups is 1. The van der Waals surface area contributed by atoms with Crippen LogP contribution in [0, 0.1) is 12.8 Å². The van der Waals surface area contributed by atoms with Crippen LogP contribution < -0.4 is 20.9 Å². The number of carbonyl (C=O) groups excluding carboxylic acids is 1. The van der Waals surface area contributed by atoms with Crippen molar-refractivity contribution in [2.75, 3.05) is 29.9 Å². The Morgan fingerprint density at radius 3 is 2.44 bits per heavy atom. The Labute approximate surface area is 209 Å². The van der Waals surface area contributed by atoms with E-state index in [9.17, 15) is 4.79 Å². The number of rotatable bonds is 7. The fourth-order valence-electron chi connectivity index (χ4n) is 3.53. The SMILES string of the molecule is CCNC(=NCc1ccc(NC(=O)C(C)C)cc1)NC1CCN(c2ccc(C)cc2)C1.I. The Kier molecular flexibility index (Phi) is 10.3. The number of guanidine groups is 1. The second kappa shape index (κ2) is 12.7. The molecule has 32 heavy (non-hydrogen) atoms. The second-order valence-corrected chi connectivity index (χ2v) is 8.45. The highest BCUT2D eigenvalue weighted by Gasteiger charge is 2.23. The average molecular weight is 550 g/mol. The van der Waals surface area contributed by atoms with Gasteiger partial charge in [-0.25, -0.2) is 4.99 Å². The van der Waals surface area contributed by atoms with E-state index in [2.05, 4.69) is 59.0 Å². The van der Waals surface area contributed by atoms with Gasteiger partial charge in [0, 0.05) is 43.0 Å².